The molecule has 0 saturated carbocycles. The molecular formula is C17H13F3N2OS. The number of anilines is 2. The number of rotatable bonds is 4. The predicted molar refractivity (Wildman–Crippen MR) is 88.7 cm³/mol. The van der Waals surface area contributed by atoms with Crippen LogP contribution in [0, 0.1) is 6.92 Å². The van der Waals surface area contributed by atoms with E-state index in [2.05, 4.69) is 15.0 Å². The summed E-state index contributed by atoms with van der Waals surface area (Å²) < 4.78 is 40.2. The Morgan fingerprint density at radius 2 is 1.67 bits per heavy atom. The number of nitrogens with one attached hydrogen (secondary N) is 1. The largest absolute Gasteiger partial charge is 0.573 e. The van der Waals surface area contributed by atoms with Crippen molar-refractivity contribution in [2.75, 3.05) is 5.32 Å². The van der Waals surface area contributed by atoms with Gasteiger partial charge in [-0.25, -0.2) is 4.98 Å². The number of aryl methyl sites for hydroxylation is 1. The smallest absolute Gasteiger partial charge is 0.406 e. The van der Waals surface area contributed by atoms with Gasteiger partial charge in [-0.15, -0.1) is 24.5 Å². The quantitative estimate of drug-likeness (QED) is 0.649. The first kappa shape index (κ1) is 16.3. The van der Waals surface area contributed by atoms with Crippen LogP contribution in [0.1, 0.15) is 5.56 Å². The van der Waals surface area contributed by atoms with Gasteiger partial charge in [0.25, 0.3) is 0 Å². The summed E-state index contributed by atoms with van der Waals surface area (Å²) in [6.45, 7) is 2.02. The van der Waals surface area contributed by atoms with Crippen LogP contribution in [0.15, 0.2) is 53.9 Å². The second-order valence-electron chi connectivity index (χ2n) is 5.10. The molecule has 0 aliphatic heterocycles. The monoisotopic (exact) mass is 350 g/mol. The van der Waals surface area contributed by atoms with Gasteiger partial charge in [0, 0.05) is 16.6 Å². The minimum absolute atomic E-state index is 0.257. The number of thiazole rings is 1. The molecule has 0 spiro atoms. The fourth-order valence-electron chi connectivity index (χ4n) is 2.05. The molecule has 1 N–H and O–H groups in total. The molecule has 0 aliphatic rings. The lowest BCUT2D eigenvalue weighted by atomic mass is 10.1. The molecule has 3 nitrogen and oxygen atoms in total. The molecule has 0 fully saturated rings. The zero-order valence-electron chi connectivity index (χ0n) is 12.6. The highest BCUT2D eigenvalue weighted by Gasteiger charge is 2.30. The summed E-state index contributed by atoms with van der Waals surface area (Å²) in [6.07, 6.45) is -4.69. The molecule has 0 unspecified atom stereocenters. The van der Waals surface area contributed by atoms with Crippen molar-refractivity contribution >= 4 is 22.2 Å². The van der Waals surface area contributed by atoms with E-state index < -0.39 is 6.36 Å². The third-order valence-corrected chi connectivity index (χ3v) is 3.95. The molecule has 24 heavy (non-hydrogen) atoms. The van der Waals surface area contributed by atoms with E-state index >= 15 is 0 Å². The summed E-state index contributed by atoms with van der Waals surface area (Å²) in [4.78, 5) is 4.48. The number of aromatic nitrogens is 1. The van der Waals surface area contributed by atoms with Gasteiger partial charge >= 0.3 is 6.36 Å². The van der Waals surface area contributed by atoms with Crippen LogP contribution in [0.25, 0.3) is 11.3 Å². The zero-order chi connectivity index (χ0) is 17.2. The van der Waals surface area contributed by atoms with Crippen LogP contribution in [-0.2, 0) is 0 Å². The third kappa shape index (κ3) is 4.26. The minimum Gasteiger partial charge on any atom is -0.406 e. The Morgan fingerprint density at radius 1 is 1.00 bits per heavy atom. The normalized spacial score (nSPS) is 11.3. The first-order valence-electron chi connectivity index (χ1n) is 7.04. The number of hydrogen-bond donors (Lipinski definition) is 1. The number of alkyl halides is 3. The molecule has 124 valence electrons. The maximum absolute atomic E-state index is 12.1. The van der Waals surface area contributed by atoms with Crippen molar-refractivity contribution in [2.24, 2.45) is 0 Å². The van der Waals surface area contributed by atoms with E-state index in [1.807, 2.05) is 36.6 Å². The van der Waals surface area contributed by atoms with Gasteiger partial charge < -0.3 is 10.1 Å². The lowest BCUT2D eigenvalue weighted by Crippen LogP contribution is -2.16. The lowest BCUT2D eigenvalue weighted by molar-refractivity contribution is -0.274. The Bertz CT molecular complexity index is 811. The summed E-state index contributed by atoms with van der Waals surface area (Å²) in [5, 5.41) is 5.65. The lowest BCUT2D eigenvalue weighted by Gasteiger charge is -2.09. The van der Waals surface area contributed by atoms with E-state index in [9.17, 15) is 13.2 Å². The third-order valence-electron chi connectivity index (χ3n) is 3.19. The molecule has 3 rings (SSSR count). The number of benzene rings is 2. The van der Waals surface area contributed by atoms with E-state index in [0.717, 1.165) is 11.3 Å². The molecule has 0 saturated heterocycles. The van der Waals surface area contributed by atoms with Gasteiger partial charge in [-0.05, 0) is 31.2 Å². The topological polar surface area (TPSA) is 34.1 Å². The molecular weight excluding hydrogens is 337 g/mol. The van der Waals surface area contributed by atoms with E-state index in [1.165, 1.54) is 41.2 Å². The van der Waals surface area contributed by atoms with Crippen LogP contribution >= 0.6 is 11.3 Å². The Hall–Kier alpha value is -2.54. The number of halogens is 3. The standard InChI is InChI=1S/C17H13F3N2OS/c1-11-2-4-12(5-3-11)15-10-24-16(22-15)21-13-6-8-14(9-7-13)23-17(18,19)20/h2-10H,1H3,(H,21,22). The first-order valence-corrected chi connectivity index (χ1v) is 7.92. The second-order valence-corrected chi connectivity index (χ2v) is 5.96. The van der Waals surface area contributed by atoms with E-state index in [1.54, 1.807) is 0 Å². The summed E-state index contributed by atoms with van der Waals surface area (Å²) >= 11 is 1.42. The molecule has 0 bridgehead atoms. The zero-order valence-corrected chi connectivity index (χ0v) is 13.4. The van der Waals surface area contributed by atoms with Gasteiger partial charge in [-0.3, -0.25) is 0 Å². The molecule has 0 aliphatic carbocycles. The summed E-state index contributed by atoms with van der Waals surface area (Å²) in [7, 11) is 0. The van der Waals surface area contributed by atoms with Crippen LogP contribution in [0.3, 0.4) is 0 Å². The average Bonchev–Trinajstić information content (AvgIpc) is 2.97. The Balaban J connectivity index is 1.69. The van der Waals surface area contributed by atoms with Crippen molar-refractivity contribution in [2.45, 2.75) is 13.3 Å². The molecule has 0 atom stereocenters. The molecule has 0 radical (unpaired) electrons. The summed E-state index contributed by atoms with van der Waals surface area (Å²) in [5.74, 6) is -0.257. The summed E-state index contributed by atoms with van der Waals surface area (Å²) in [5.41, 5.74) is 3.67. The maximum Gasteiger partial charge on any atom is 0.573 e. The van der Waals surface area contributed by atoms with Crippen LogP contribution in [0.2, 0.25) is 0 Å². The van der Waals surface area contributed by atoms with Crippen LogP contribution in [0.5, 0.6) is 5.75 Å². The maximum atomic E-state index is 12.1. The van der Waals surface area contributed by atoms with Crippen molar-refractivity contribution in [3.05, 3.63) is 59.5 Å². The SMILES string of the molecule is Cc1ccc(-c2csc(Nc3ccc(OC(F)(F)F)cc3)n2)cc1. The molecule has 1 heterocycles. The van der Waals surface area contributed by atoms with Gasteiger partial charge in [-0.1, -0.05) is 29.8 Å². The van der Waals surface area contributed by atoms with Crippen molar-refractivity contribution < 1.29 is 17.9 Å². The number of ether oxygens (including phenoxy) is 1. The second kappa shape index (κ2) is 6.52. The molecule has 3 aromatic rings. The van der Waals surface area contributed by atoms with Gasteiger partial charge in [-0.2, -0.15) is 0 Å². The van der Waals surface area contributed by atoms with Crippen LogP contribution in [0.4, 0.5) is 24.0 Å². The fraction of sp³-hybridized carbons (Fsp3) is 0.118. The Morgan fingerprint density at radius 3 is 2.29 bits per heavy atom. The Labute approximate surface area is 140 Å². The number of hydrogen-bond acceptors (Lipinski definition) is 4. The van der Waals surface area contributed by atoms with Crippen LogP contribution in [-0.4, -0.2) is 11.3 Å². The van der Waals surface area contributed by atoms with Gasteiger partial charge in [0.2, 0.25) is 0 Å². The van der Waals surface area contributed by atoms with Crippen molar-refractivity contribution in [3.63, 3.8) is 0 Å². The van der Waals surface area contributed by atoms with Crippen molar-refractivity contribution in [1.82, 2.24) is 4.98 Å². The van der Waals surface area contributed by atoms with Gasteiger partial charge in [0.1, 0.15) is 5.75 Å². The average molecular weight is 350 g/mol. The first-order chi connectivity index (χ1) is 11.4. The highest BCUT2D eigenvalue weighted by Crippen LogP contribution is 2.29. The van der Waals surface area contributed by atoms with E-state index in [-0.39, 0.29) is 5.75 Å². The molecule has 7 heteroatoms. The number of nitrogens with zero attached hydrogens (tertiary/aromatic N) is 1. The van der Waals surface area contributed by atoms with Gasteiger partial charge in [0.15, 0.2) is 5.13 Å². The van der Waals surface area contributed by atoms with Crippen molar-refractivity contribution in [1.29, 1.82) is 0 Å². The highest BCUT2D eigenvalue weighted by atomic mass is 32.1. The fourth-order valence-corrected chi connectivity index (χ4v) is 2.79. The highest BCUT2D eigenvalue weighted by molar-refractivity contribution is 7.14. The predicted octanol–water partition coefficient (Wildman–Crippen LogP) is 5.76. The Kier molecular flexibility index (Phi) is 4.44. The minimum atomic E-state index is -4.69. The van der Waals surface area contributed by atoms with E-state index in [4.69, 9.17) is 0 Å². The van der Waals surface area contributed by atoms with E-state index in [0.29, 0.717) is 10.8 Å². The van der Waals surface area contributed by atoms with Gasteiger partial charge in [0.05, 0.1) is 5.69 Å². The van der Waals surface area contributed by atoms with Crippen LogP contribution < -0.4 is 10.1 Å². The molecule has 1 aromatic heterocycles. The summed E-state index contributed by atoms with van der Waals surface area (Å²) in [6, 6.07) is 13.5. The van der Waals surface area contributed by atoms with Crippen molar-refractivity contribution in [3.8, 4) is 17.0 Å². The molecule has 0 amide bonds. The molecule has 2 aromatic carbocycles.